The first-order valence-electron chi connectivity index (χ1n) is 3.41. The second-order valence-corrected chi connectivity index (χ2v) is 3.49. The molecular weight excluding hydrogens is 241 g/mol. The Morgan fingerprint density at radius 3 is 2.75 bits per heavy atom. The lowest BCUT2D eigenvalue weighted by atomic mass is 10.2. The molecule has 0 aliphatic carbocycles. The molecule has 1 aromatic rings. The predicted octanol–water partition coefficient (Wildman–Crippen LogP) is 2.57. The molecule has 0 unspecified atom stereocenters. The van der Waals surface area contributed by atoms with Gasteiger partial charge in [-0.15, -0.1) is 0 Å². The molecule has 0 aliphatic heterocycles. The van der Waals surface area contributed by atoms with Crippen LogP contribution in [0.4, 0.5) is 0 Å². The Morgan fingerprint density at radius 1 is 1.58 bits per heavy atom. The van der Waals surface area contributed by atoms with Gasteiger partial charge in [-0.1, -0.05) is 17.7 Å². The quantitative estimate of drug-likeness (QED) is 0.875. The van der Waals surface area contributed by atoms with Crippen LogP contribution in [0.3, 0.4) is 0 Å². The van der Waals surface area contributed by atoms with E-state index >= 15 is 0 Å². The second kappa shape index (κ2) is 4.12. The lowest BCUT2D eigenvalue weighted by molar-refractivity contribution is 0.410. The highest BCUT2D eigenvalue weighted by Crippen LogP contribution is 2.34. The predicted molar refractivity (Wildman–Crippen MR) is 53.6 cm³/mol. The summed E-state index contributed by atoms with van der Waals surface area (Å²) in [6, 6.07) is 3.74. The van der Waals surface area contributed by atoms with Gasteiger partial charge in [0.1, 0.15) is 5.75 Å². The first-order chi connectivity index (χ1) is 5.70. The largest absolute Gasteiger partial charge is 0.495 e. The number of ether oxygens (including phenoxy) is 1. The van der Waals surface area contributed by atoms with E-state index in [1.165, 1.54) is 0 Å². The third-order valence-corrected chi connectivity index (χ3v) is 2.82. The lowest BCUT2D eigenvalue weighted by Gasteiger charge is -2.09. The summed E-state index contributed by atoms with van der Waals surface area (Å²) < 4.78 is 5.92. The Labute approximate surface area is 84.8 Å². The highest BCUT2D eigenvalue weighted by Gasteiger charge is 2.08. The van der Waals surface area contributed by atoms with Crippen LogP contribution < -0.4 is 10.5 Å². The minimum atomic E-state index is 0.427. The summed E-state index contributed by atoms with van der Waals surface area (Å²) in [7, 11) is 1.58. The van der Waals surface area contributed by atoms with Crippen LogP contribution in [0.25, 0.3) is 0 Å². The van der Waals surface area contributed by atoms with Gasteiger partial charge in [0, 0.05) is 16.6 Å². The Kier molecular flexibility index (Phi) is 3.38. The van der Waals surface area contributed by atoms with Gasteiger partial charge in [0.25, 0.3) is 0 Å². The molecule has 0 spiro atoms. The molecular formula is C8H9BrClNO. The van der Waals surface area contributed by atoms with Crippen LogP contribution in [0.15, 0.2) is 16.6 Å². The number of rotatable bonds is 2. The van der Waals surface area contributed by atoms with E-state index in [1.807, 2.05) is 12.1 Å². The average Bonchev–Trinajstić information content (AvgIpc) is 2.09. The maximum Gasteiger partial charge on any atom is 0.143 e. The maximum absolute atomic E-state index is 5.95. The molecule has 0 saturated carbocycles. The first kappa shape index (κ1) is 9.84. The van der Waals surface area contributed by atoms with Crippen molar-refractivity contribution in [3.63, 3.8) is 0 Å². The molecule has 0 heterocycles. The minimum Gasteiger partial charge on any atom is -0.495 e. The van der Waals surface area contributed by atoms with E-state index in [0.717, 1.165) is 10.0 Å². The van der Waals surface area contributed by atoms with E-state index in [9.17, 15) is 0 Å². The molecule has 0 saturated heterocycles. The Balaban J connectivity index is 3.25. The Bertz CT molecular complexity index is 291. The SMILES string of the molecule is COc1c(CN)ccc(Br)c1Cl. The molecule has 4 heteroatoms. The molecule has 2 N–H and O–H groups in total. The van der Waals surface area contributed by atoms with Crippen LogP contribution in [-0.4, -0.2) is 7.11 Å². The summed E-state index contributed by atoms with van der Waals surface area (Å²) in [5, 5.41) is 0.570. The van der Waals surface area contributed by atoms with Gasteiger partial charge in [-0.25, -0.2) is 0 Å². The lowest BCUT2D eigenvalue weighted by Crippen LogP contribution is -2.00. The van der Waals surface area contributed by atoms with Gasteiger partial charge >= 0.3 is 0 Å². The average molecular weight is 251 g/mol. The molecule has 0 radical (unpaired) electrons. The molecule has 0 aliphatic rings. The molecule has 1 rings (SSSR count). The molecule has 1 aromatic carbocycles. The standard InChI is InChI=1S/C8H9BrClNO/c1-12-8-5(4-11)2-3-6(9)7(8)10/h2-3H,4,11H2,1H3. The topological polar surface area (TPSA) is 35.2 Å². The van der Waals surface area contributed by atoms with E-state index in [-0.39, 0.29) is 0 Å². The number of nitrogens with two attached hydrogens (primary N) is 1. The van der Waals surface area contributed by atoms with Crippen molar-refractivity contribution >= 4 is 27.5 Å². The van der Waals surface area contributed by atoms with Crippen molar-refractivity contribution in [1.29, 1.82) is 0 Å². The van der Waals surface area contributed by atoms with Gasteiger partial charge in [0.05, 0.1) is 12.1 Å². The number of halogens is 2. The molecule has 2 nitrogen and oxygen atoms in total. The van der Waals surface area contributed by atoms with Crippen LogP contribution in [-0.2, 0) is 6.54 Å². The van der Waals surface area contributed by atoms with Gasteiger partial charge in [0.15, 0.2) is 0 Å². The fraction of sp³-hybridized carbons (Fsp3) is 0.250. The number of hydrogen-bond acceptors (Lipinski definition) is 2. The van der Waals surface area contributed by atoms with Crippen LogP contribution in [0.2, 0.25) is 5.02 Å². The van der Waals surface area contributed by atoms with Crippen molar-refractivity contribution in [3.8, 4) is 5.75 Å². The zero-order valence-electron chi connectivity index (χ0n) is 6.60. The van der Waals surface area contributed by atoms with Crippen LogP contribution in [0.1, 0.15) is 5.56 Å². The fourth-order valence-corrected chi connectivity index (χ4v) is 1.53. The highest BCUT2D eigenvalue weighted by atomic mass is 79.9. The van der Waals surface area contributed by atoms with Crippen LogP contribution >= 0.6 is 27.5 Å². The zero-order chi connectivity index (χ0) is 9.14. The third-order valence-electron chi connectivity index (χ3n) is 1.56. The summed E-state index contributed by atoms with van der Waals surface area (Å²) in [6.07, 6.45) is 0. The van der Waals surface area contributed by atoms with E-state index in [1.54, 1.807) is 7.11 Å². The van der Waals surface area contributed by atoms with Gasteiger partial charge < -0.3 is 10.5 Å². The Hall–Kier alpha value is -0.250. The summed E-state index contributed by atoms with van der Waals surface area (Å²) in [5.74, 6) is 0.647. The van der Waals surface area contributed by atoms with Gasteiger partial charge in [-0.3, -0.25) is 0 Å². The van der Waals surface area contributed by atoms with Crippen molar-refractivity contribution in [2.75, 3.05) is 7.11 Å². The van der Waals surface area contributed by atoms with E-state index in [4.69, 9.17) is 22.1 Å². The first-order valence-corrected chi connectivity index (χ1v) is 4.58. The van der Waals surface area contributed by atoms with Crippen molar-refractivity contribution in [2.45, 2.75) is 6.54 Å². The molecule has 0 atom stereocenters. The third kappa shape index (κ3) is 1.73. The monoisotopic (exact) mass is 249 g/mol. The van der Waals surface area contributed by atoms with E-state index in [2.05, 4.69) is 15.9 Å². The van der Waals surface area contributed by atoms with E-state index in [0.29, 0.717) is 17.3 Å². The Morgan fingerprint density at radius 2 is 2.25 bits per heavy atom. The molecule has 66 valence electrons. The minimum absolute atomic E-state index is 0.427. The van der Waals surface area contributed by atoms with Crippen molar-refractivity contribution in [3.05, 3.63) is 27.2 Å². The van der Waals surface area contributed by atoms with Crippen molar-refractivity contribution in [1.82, 2.24) is 0 Å². The summed E-state index contributed by atoms with van der Waals surface area (Å²) in [4.78, 5) is 0. The normalized spacial score (nSPS) is 10.0. The fourth-order valence-electron chi connectivity index (χ4n) is 0.953. The maximum atomic E-state index is 5.95. The molecule has 0 amide bonds. The second-order valence-electron chi connectivity index (χ2n) is 2.26. The van der Waals surface area contributed by atoms with Gasteiger partial charge in [-0.2, -0.15) is 0 Å². The van der Waals surface area contributed by atoms with Crippen molar-refractivity contribution < 1.29 is 4.74 Å². The van der Waals surface area contributed by atoms with Crippen LogP contribution in [0, 0.1) is 0 Å². The number of benzene rings is 1. The summed E-state index contributed by atoms with van der Waals surface area (Å²) in [6.45, 7) is 0.427. The van der Waals surface area contributed by atoms with Crippen LogP contribution in [0.5, 0.6) is 5.75 Å². The summed E-state index contributed by atoms with van der Waals surface area (Å²) >= 11 is 9.25. The number of methoxy groups -OCH3 is 1. The molecule has 0 aromatic heterocycles. The molecule has 0 bridgehead atoms. The highest BCUT2D eigenvalue weighted by molar-refractivity contribution is 9.10. The zero-order valence-corrected chi connectivity index (χ0v) is 8.95. The smallest absolute Gasteiger partial charge is 0.143 e. The van der Waals surface area contributed by atoms with Crippen molar-refractivity contribution in [2.24, 2.45) is 5.73 Å². The molecule has 12 heavy (non-hydrogen) atoms. The van der Waals surface area contributed by atoms with Gasteiger partial charge in [-0.05, 0) is 22.0 Å². The molecule has 0 fully saturated rings. The number of hydrogen-bond donors (Lipinski definition) is 1. The van der Waals surface area contributed by atoms with E-state index < -0.39 is 0 Å². The van der Waals surface area contributed by atoms with Gasteiger partial charge in [0.2, 0.25) is 0 Å². The summed E-state index contributed by atoms with van der Waals surface area (Å²) in [5.41, 5.74) is 6.40.